The summed E-state index contributed by atoms with van der Waals surface area (Å²) in [6.07, 6.45) is 3.47. The number of amidine groups is 1. The fraction of sp³-hybridized carbons (Fsp3) is 0.533. The highest BCUT2D eigenvalue weighted by molar-refractivity contribution is 6.00. The van der Waals surface area contributed by atoms with E-state index in [9.17, 15) is 0 Å². The number of ether oxygens (including phenoxy) is 2. The highest BCUT2D eigenvalue weighted by atomic mass is 16.5. The third kappa shape index (κ3) is 3.63. The Morgan fingerprint density at radius 3 is 2.84 bits per heavy atom. The monoisotopic (exact) mass is 262 g/mol. The zero-order valence-corrected chi connectivity index (χ0v) is 11.7. The molecule has 1 aromatic carbocycles. The molecule has 1 aliphatic rings. The van der Waals surface area contributed by atoms with E-state index in [1.54, 1.807) is 7.11 Å². The molecule has 1 heterocycles. The summed E-state index contributed by atoms with van der Waals surface area (Å²) in [6, 6.07) is 5.96. The van der Waals surface area contributed by atoms with Crippen LogP contribution in [0.25, 0.3) is 0 Å². The van der Waals surface area contributed by atoms with Crippen molar-refractivity contribution in [1.82, 2.24) is 5.32 Å². The van der Waals surface area contributed by atoms with E-state index in [2.05, 4.69) is 17.2 Å². The van der Waals surface area contributed by atoms with Crippen LogP contribution in [0, 0.1) is 0 Å². The first-order valence-corrected chi connectivity index (χ1v) is 6.94. The molecule has 0 unspecified atom stereocenters. The molecule has 104 valence electrons. The summed E-state index contributed by atoms with van der Waals surface area (Å²) in [5.74, 6) is 2.52. The minimum atomic E-state index is 0.739. The van der Waals surface area contributed by atoms with Crippen LogP contribution in [0.15, 0.2) is 23.2 Å². The van der Waals surface area contributed by atoms with E-state index in [4.69, 9.17) is 9.47 Å². The average molecular weight is 262 g/mol. The number of nitrogens with one attached hydrogen (secondary N) is 1. The average Bonchev–Trinajstić information content (AvgIpc) is 2.98. The molecule has 1 N–H and O–H groups in total. The van der Waals surface area contributed by atoms with Crippen molar-refractivity contribution in [3.05, 3.63) is 23.8 Å². The Hall–Kier alpha value is -1.71. The summed E-state index contributed by atoms with van der Waals surface area (Å²) in [7, 11) is 1.67. The molecule has 1 aromatic rings. The first-order valence-electron chi connectivity index (χ1n) is 6.94. The zero-order valence-electron chi connectivity index (χ0n) is 11.7. The SMILES string of the molecule is CCCCCOc1ccc(C2=NCCN2)cc1OC. The van der Waals surface area contributed by atoms with Crippen LogP contribution in [-0.4, -0.2) is 32.6 Å². The third-order valence-corrected chi connectivity index (χ3v) is 3.12. The number of rotatable bonds is 7. The highest BCUT2D eigenvalue weighted by Gasteiger charge is 2.12. The minimum absolute atomic E-state index is 0.739. The van der Waals surface area contributed by atoms with Gasteiger partial charge < -0.3 is 14.8 Å². The van der Waals surface area contributed by atoms with Gasteiger partial charge in [-0.3, -0.25) is 4.99 Å². The number of hydrogen-bond acceptors (Lipinski definition) is 4. The second kappa shape index (κ2) is 7.02. The number of nitrogens with zero attached hydrogens (tertiary/aromatic N) is 1. The summed E-state index contributed by atoms with van der Waals surface area (Å²) in [5.41, 5.74) is 1.05. The Bertz CT molecular complexity index is 444. The predicted octanol–water partition coefficient (Wildman–Crippen LogP) is 2.61. The molecule has 0 aromatic heterocycles. The van der Waals surface area contributed by atoms with Crippen molar-refractivity contribution in [1.29, 1.82) is 0 Å². The largest absolute Gasteiger partial charge is 0.493 e. The Morgan fingerprint density at radius 2 is 2.16 bits per heavy atom. The molecule has 4 heteroatoms. The maximum atomic E-state index is 5.76. The van der Waals surface area contributed by atoms with Gasteiger partial charge in [0.1, 0.15) is 5.84 Å². The van der Waals surface area contributed by atoms with Crippen molar-refractivity contribution >= 4 is 5.84 Å². The van der Waals surface area contributed by atoms with Gasteiger partial charge in [0.15, 0.2) is 11.5 Å². The lowest BCUT2D eigenvalue weighted by molar-refractivity contribution is 0.286. The van der Waals surface area contributed by atoms with Crippen molar-refractivity contribution in [2.24, 2.45) is 4.99 Å². The summed E-state index contributed by atoms with van der Waals surface area (Å²) in [5, 5.41) is 3.26. The molecular formula is C15H22N2O2. The van der Waals surface area contributed by atoms with E-state index in [-0.39, 0.29) is 0 Å². The molecular weight excluding hydrogens is 240 g/mol. The van der Waals surface area contributed by atoms with Crippen LogP contribution in [0.3, 0.4) is 0 Å². The molecule has 0 aliphatic carbocycles. The van der Waals surface area contributed by atoms with Gasteiger partial charge in [0, 0.05) is 12.1 Å². The Kier molecular flexibility index (Phi) is 5.07. The van der Waals surface area contributed by atoms with Gasteiger partial charge in [-0.1, -0.05) is 19.8 Å². The van der Waals surface area contributed by atoms with E-state index in [0.717, 1.165) is 49.0 Å². The summed E-state index contributed by atoms with van der Waals surface area (Å²) in [6.45, 7) is 4.67. The molecule has 1 aliphatic heterocycles. The van der Waals surface area contributed by atoms with Crippen molar-refractivity contribution in [2.45, 2.75) is 26.2 Å². The molecule has 0 saturated carbocycles. The van der Waals surface area contributed by atoms with Gasteiger partial charge in [0.25, 0.3) is 0 Å². The van der Waals surface area contributed by atoms with Crippen LogP contribution in [0.4, 0.5) is 0 Å². The highest BCUT2D eigenvalue weighted by Crippen LogP contribution is 2.28. The van der Waals surface area contributed by atoms with Crippen LogP contribution >= 0.6 is 0 Å². The van der Waals surface area contributed by atoms with Crippen LogP contribution < -0.4 is 14.8 Å². The number of unbranched alkanes of at least 4 members (excludes halogenated alkanes) is 2. The molecule has 4 nitrogen and oxygen atoms in total. The van der Waals surface area contributed by atoms with E-state index >= 15 is 0 Å². The van der Waals surface area contributed by atoms with Gasteiger partial charge in [0.05, 0.1) is 20.3 Å². The molecule has 0 saturated heterocycles. The van der Waals surface area contributed by atoms with Gasteiger partial charge in [0.2, 0.25) is 0 Å². The molecule has 0 fully saturated rings. The smallest absolute Gasteiger partial charge is 0.161 e. The first-order chi connectivity index (χ1) is 9.35. The number of benzene rings is 1. The van der Waals surface area contributed by atoms with Gasteiger partial charge in [-0.2, -0.15) is 0 Å². The number of aliphatic imine (C=N–C) groups is 1. The molecule has 0 atom stereocenters. The number of methoxy groups -OCH3 is 1. The lowest BCUT2D eigenvalue weighted by Crippen LogP contribution is -2.19. The third-order valence-electron chi connectivity index (χ3n) is 3.12. The summed E-state index contributed by atoms with van der Waals surface area (Å²) >= 11 is 0. The van der Waals surface area contributed by atoms with Crippen molar-refractivity contribution in [3.63, 3.8) is 0 Å². The van der Waals surface area contributed by atoms with Crippen molar-refractivity contribution in [2.75, 3.05) is 26.8 Å². The van der Waals surface area contributed by atoms with E-state index in [0.29, 0.717) is 0 Å². The van der Waals surface area contributed by atoms with Crippen LogP contribution in [-0.2, 0) is 0 Å². The second-order valence-electron chi connectivity index (χ2n) is 4.58. The van der Waals surface area contributed by atoms with Gasteiger partial charge in [-0.15, -0.1) is 0 Å². The zero-order chi connectivity index (χ0) is 13.5. The van der Waals surface area contributed by atoms with Crippen LogP contribution in [0.1, 0.15) is 31.7 Å². The molecule has 0 bridgehead atoms. The first kappa shape index (κ1) is 13.7. The van der Waals surface area contributed by atoms with Crippen molar-refractivity contribution in [3.8, 4) is 11.5 Å². The fourth-order valence-electron chi connectivity index (χ4n) is 2.06. The van der Waals surface area contributed by atoms with Crippen molar-refractivity contribution < 1.29 is 9.47 Å². The summed E-state index contributed by atoms with van der Waals surface area (Å²) < 4.78 is 11.2. The second-order valence-corrected chi connectivity index (χ2v) is 4.58. The quantitative estimate of drug-likeness (QED) is 0.768. The maximum absolute atomic E-state index is 5.76. The predicted molar refractivity (Wildman–Crippen MR) is 77.4 cm³/mol. The van der Waals surface area contributed by atoms with Crippen LogP contribution in [0.2, 0.25) is 0 Å². The number of hydrogen-bond donors (Lipinski definition) is 1. The fourth-order valence-corrected chi connectivity index (χ4v) is 2.06. The van der Waals surface area contributed by atoms with Gasteiger partial charge in [-0.25, -0.2) is 0 Å². The molecule has 2 rings (SSSR count). The van der Waals surface area contributed by atoms with Gasteiger partial charge >= 0.3 is 0 Å². The molecule has 0 radical (unpaired) electrons. The van der Waals surface area contributed by atoms with E-state index < -0.39 is 0 Å². The Labute approximate surface area is 114 Å². The lowest BCUT2D eigenvalue weighted by atomic mass is 10.2. The molecule has 19 heavy (non-hydrogen) atoms. The lowest BCUT2D eigenvalue weighted by Gasteiger charge is -2.12. The van der Waals surface area contributed by atoms with Crippen LogP contribution in [0.5, 0.6) is 11.5 Å². The minimum Gasteiger partial charge on any atom is -0.493 e. The van der Waals surface area contributed by atoms with E-state index in [1.165, 1.54) is 12.8 Å². The summed E-state index contributed by atoms with van der Waals surface area (Å²) in [4.78, 5) is 4.41. The van der Waals surface area contributed by atoms with E-state index in [1.807, 2.05) is 18.2 Å². The maximum Gasteiger partial charge on any atom is 0.161 e. The van der Waals surface area contributed by atoms with Gasteiger partial charge in [-0.05, 0) is 24.6 Å². The Balaban J connectivity index is 2.03. The topological polar surface area (TPSA) is 42.8 Å². The standard InChI is InChI=1S/C15H22N2O2/c1-3-4-5-10-19-13-7-6-12(11-14(13)18-2)15-16-8-9-17-15/h6-7,11H,3-5,8-10H2,1-2H3,(H,16,17). The Morgan fingerprint density at radius 1 is 1.26 bits per heavy atom. The molecule has 0 amide bonds. The molecule has 0 spiro atoms. The normalized spacial score (nSPS) is 13.9.